The van der Waals surface area contributed by atoms with Crippen LogP contribution in [0.4, 0.5) is 0 Å². The zero-order valence-corrected chi connectivity index (χ0v) is 8.12. The predicted octanol–water partition coefficient (Wildman–Crippen LogP) is 2.68. The van der Waals surface area contributed by atoms with Gasteiger partial charge in [-0.15, -0.1) is 0 Å². The maximum Gasteiger partial charge on any atom is 0.199 e. The van der Waals surface area contributed by atoms with E-state index in [-0.39, 0.29) is 5.92 Å². The normalized spacial score (nSPS) is 15.2. The van der Waals surface area contributed by atoms with E-state index in [1.54, 1.807) is 0 Å². The number of aliphatic hydroxyl groups excluding tert-OH is 1. The van der Waals surface area contributed by atoms with Crippen LogP contribution in [0.1, 0.15) is 39.5 Å². The summed E-state index contributed by atoms with van der Waals surface area (Å²) in [7, 11) is 0. The second kappa shape index (κ2) is 7.17. The third-order valence-electron chi connectivity index (χ3n) is 2.09. The van der Waals surface area contributed by atoms with Crippen LogP contribution in [0.5, 0.6) is 0 Å². The maximum atomic E-state index is 9.44. The summed E-state index contributed by atoms with van der Waals surface area (Å²) in [4.78, 5) is 0. The zero-order valence-electron chi connectivity index (χ0n) is 8.12. The van der Waals surface area contributed by atoms with Gasteiger partial charge in [-0.2, -0.15) is 0 Å². The molecule has 2 nitrogen and oxygen atoms in total. The van der Waals surface area contributed by atoms with Crippen molar-refractivity contribution in [1.82, 2.24) is 0 Å². The third kappa shape index (κ3) is 4.39. The first-order valence-electron chi connectivity index (χ1n) is 4.70. The highest BCUT2D eigenvalue weighted by Gasteiger charge is 2.16. The van der Waals surface area contributed by atoms with Gasteiger partial charge in [0.1, 0.15) is 0 Å². The molecule has 0 amide bonds. The number of ether oxygens (including phenoxy) is 1. The van der Waals surface area contributed by atoms with Crippen molar-refractivity contribution in [3.8, 4) is 0 Å². The Labute approximate surface area is 75.2 Å². The number of rotatable bonds is 7. The number of hydrogen-bond donors (Lipinski definition) is 1. The Hall–Kier alpha value is -0.500. The van der Waals surface area contributed by atoms with Gasteiger partial charge in [0.25, 0.3) is 0 Å². The lowest BCUT2D eigenvalue weighted by atomic mass is 9.99. The van der Waals surface area contributed by atoms with Crippen molar-refractivity contribution < 1.29 is 9.84 Å². The van der Waals surface area contributed by atoms with E-state index < -0.39 is 6.29 Å². The topological polar surface area (TPSA) is 29.5 Å². The van der Waals surface area contributed by atoms with Crippen LogP contribution in [-0.2, 0) is 4.74 Å². The van der Waals surface area contributed by atoms with Gasteiger partial charge in [0.15, 0.2) is 6.29 Å². The molecule has 0 heterocycles. The molecule has 0 fully saturated rings. The quantitative estimate of drug-likeness (QED) is 0.472. The van der Waals surface area contributed by atoms with Crippen LogP contribution >= 0.6 is 0 Å². The molecule has 12 heavy (non-hydrogen) atoms. The van der Waals surface area contributed by atoms with Crippen molar-refractivity contribution >= 4 is 0 Å². The SMILES string of the molecule is C=COC(O)C(CC)CCCC. The summed E-state index contributed by atoms with van der Waals surface area (Å²) in [6.07, 6.45) is 4.93. The van der Waals surface area contributed by atoms with Gasteiger partial charge in [-0.3, -0.25) is 0 Å². The Bertz CT molecular complexity index is 112. The van der Waals surface area contributed by atoms with Gasteiger partial charge in [0, 0.05) is 5.92 Å². The number of aliphatic hydroxyl groups is 1. The van der Waals surface area contributed by atoms with Crippen LogP contribution in [0, 0.1) is 5.92 Å². The maximum absolute atomic E-state index is 9.44. The van der Waals surface area contributed by atoms with E-state index in [1.807, 2.05) is 0 Å². The highest BCUT2D eigenvalue weighted by atomic mass is 16.6. The smallest absolute Gasteiger partial charge is 0.199 e. The first-order chi connectivity index (χ1) is 5.76. The minimum absolute atomic E-state index is 0.253. The number of hydrogen-bond acceptors (Lipinski definition) is 2. The molecule has 0 aliphatic rings. The van der Waals surface area contributed by atoms with Crippen molar-refractivity contribution in [2.24, 2.45) is 5.92 Å². The summed E-state index contributed by atoms with van der Waals surface area (Å²) in [5.41, 5.74) is 0. The molecular formula is C10H20O2. The lowest BCUT2D eigenvalue weighted by molar-refractivity contribution is -0.0953. The van der Waals surface area contributed by atoms with Crippen molar-refractivity contribution in [1.29, 1.82) is 0 Å². The van der Waals surface area contributed by atoms with Crippen LogP contribution in [0.15, 0.2) is 12.8 Å². The lowest BCUT2D eigenvalue weighted by Crippen LogP contribution is -2.21. The highest BCUT2D eigenvalue weighted by Crippen LogP contribution is 2.17. The first-order valence-corrected chi connectivity index (χ1v) is 4.70. The summed E-state index contributed by atoms with van der Waals surface area (Å²) in [6, 6.07) is 0. The Kier molecular flexibility index (Phi) is 6.87. The van der Waals surface area contributed by atoms with Gasteiger partial charge < -0.3 is 9.84 Å². The molecule has 0 aromatic heterocycles. The molecule has 0 saturated heterocycles. The summed E-state index contributed by atoms with van der Waals surface area (Å²) in [6.45, 7) is 7.63. The highest BCUT2D eigenvalue weighted by molar-refractivity contribution is 4.63. The molecule has 1 N–H and O–H groups in total. The molecule has 0 aliphatic heterocycles. The molecule has 0 aromatic rings. The van der Waals surface area contributed by atoms with Crippen LogP contribution in [0.3, 0.4) is 0 Å². The fourth-order valence-electron chi connectivity index (χ4n) is 1.22. The standard InChI is InChI=1S/C10H20O2/c1-4-7-8-9(5-2)10(11)12-6-3/h6,9-11H,3-5,7-8H2,1-2H3. The van der Waals surface area contributed by atoms with E-state index in [2.05, 4.69) is 20.4 Å². The van der Waals surface area contributed by atoms with Gasteiger partial charge in [-0.05, 0) is 12.8 Å². The zero-order chi connectivity index (χ0) is 9.40. The van der Waals surface area contributed by atoms with Crippen molar-refractivity contribution in [2.45, 2.75) is 45.8 Å². The van der Waals surface area contributed by atoms with Crippen molar-refractivity contribution in [3.05, 3.63) is 12.8 Å². The monoisotopic (exact) mass is 172 g/mol. The Balaban J connectivity index is 3.69. The minimum atomic E-state index is -0.668. The second-order valence-corrected chi connectivity index (χ2v) is 3.00. The molecule has 0 saturated carbocycles. The summed E-state index contributed by atoms with van der Waals surface area (Å²) >= 11 is 0. The summed E-state index contributed by atoms with van der Waals surface area (Å²) in [5, 5.41) is 9.44. The van der Waals surface area contributed by atoms with E-state index in [0.717, 1.165) is 25.7 Å². The Morgan fingerprint density at radius 3 is 2.58 bits per heavy atom. The lowest BCUT2D eigenvalue weighted by Gasteiger charge is -2.20. The van der Waals surface area contributed by atoms with Crippen LogP contribution in [0.2, 0.25) is 0 Å². The third-order valence-corrected chi connectivity index (χ3v) is 2.09. The largest absolute Gasteiger partial charge is 0.473 e. The molecule has 0 spiro atoms. The molecule has 2 unspecified atom stereocenters. The van der Waals surface area contributed by atoms with Gasteiger partial charge in [-0.1, -0.05) is 33.3 Å². The molecule has 0 aromatic carbocycles. The van der Waals surface area contributed by atoms with E-state index in [4.69, 9.17) is 4.74 Å². The average molecular weight is 172 g/mol. The van der Waals surface area contributed by atoms with E-state index in [0.29, 0.717) is 0 Å². The molecule has 0 rings (SSSR count). The van der Waals surface area contributed by atoms with E-state index in [9.17, 15) is 5.11 Å². The van der Waals surface area contributed by atoms with Gasteiger partial charge in [-0.25, -0.2) is 0 Å². The molecule has 72 valence electrons. The molecule has 0 bridgehead atoms. The fourth-order valence-corrected chi connectivity index (χ4v) is 1.22. The molecule has 2 atom stereocenters. The fraction of sp³-hybridized carbons (Fsp3) is 0.800. The van der Waals surface area contributed by atoms with E-state index in [1.165, 1.54) is 6.26 Å². The molecule has 0 radical (unpaired) electrons. The summed E-state index contributed by atoms with van der Waals surface area (Å²) < 4.78 is 4.91. The van der Waals surface area contributed by atoms with Gasteiger partial charge in [0.2, 0.25) is 0 Å². The second-order valence-electron chi connectivity index (χ2n) is 3.00. The Morgan fingerprint density at radius 1 is 1.50 bits per heavy atom. The van der Waals surface area contributed by atoms with Crippen molar-refractivity contribution in [3.63, 3.8) is 0 Å². The van der Waals surface area contributed by atoms with Gasteiger partial charge >= 0.3 is 0 Å². The van der Waals surface area contributed by atoms with Gasteiger partial charge in [0.05, 0.1) is 6.26 Å². The summed E-state index contributed by atoms with van der Waals surface area (Å²) in [5.74, 6) is 0.253. The molecule has 0 aliphatic carbocycles. The van der Waals surface area contributed by atoms with Crippen LogP contribution < -0.4 is 0 Å². The molecule has 2 heteroatoms. The van der Waals surface area contributed by atoms with Crippen LogP contribution in [-0.4, -0.2) is 11.4 Å². The molecular weight excluding hydrogens is 152 g/mol. The average Bonchev–Trinajstić information content (AvgIpc) is 2.06. The van der Waals surface area contributed by atoms with Crippen molar-refractivity contribution in [2.75, 3.05) is 0 Å². The number of unbranched alkanes of at least 4 members (excludes halogenated alkanes) is 1. The Morgan fingerprint density at radius 2 is 2.17 bits per heavy atom. The van der Waals surface area contributed by atoms with Crippen LogP contribution in [0.25, 0.3) is 0 Å². The van der Waals surface area contributed by atoms with E-state index >= 15 is 0 Å². The first kappa shape index (κ1) is 11.5. The minimum Gasteiger partial charge on any atom is -0.473 e. The predicted molar refractivity (Wildman–Crippen MR) is 50.6 cm³/mol.